The van der Waals surface area contributed by atoms with Gasteiger partial charge in [-0.3, -0.25) is 14.2 Å². The number of hydrogen-bond acceptors (Lipinski definition) is 6. The van der Waals surface area contributed by atoms with Crippen molar-refractivity contribution in [3.63, 3.8) is 0 Å². The maximum atomic E-state index is 12.3. The van der Waals surface area contributed by atoms with Gasteiger partial charge in [-0.15, -0.1) is 22.7 Å². The monoisotopic (exact) mass is 360 g/mol. The van der Waals surface area contributed by atoms with E-state index in [2.05, 4.69) is 15.3 Å². The van der Waals surface area contributed by atoms with E-state index in [0.717, 1.165) is 17.8 Å². The van der Waals surface area contributed by atoms with Gasteiger partial charge in [-0.25, -0.2) is 9.97 Å². The SMILES string of the molecule is O=C(Cn1cnc2ccsc2c1=O)NCc1nc2c(s1)CCCC2. The van der Waals surface area contributed by atoms with Gasteiger partial charge in [-0.2, -0.15) is 0 Å². The molecule has 0 radical (unpaired) electrons. The van der Waals surface area contributed by atoms with E-state index in [0.29, 0.717) is 16.8 Å². The zero-order chi connectivity index (χ0) is 16.5. The summed E-state index contributed by atoms with van der Waals surface area (Å²) >= 11 is 3.03. The molecule has 6 nitrogen and oxygen atoms in total. The molecular formula is C16H16N4O2S2. The molecule has 0 atom stereocenters. The minimum Gasteiger partial charge on any atom is -0.348 e. The average Bonchev–Trinajstić information content (AvgIpc) is 3.22. The lowest BCUT2D eigenvalue weighted by molar-refractivity contribution is -0.121. The molecular weight excluding hydrogens is 344 g/mol. The van der Waals surface area contributed by atoms with Crippen molar-refractivity contribution in [2.24, 2.45) is 0 Å². The third kappa shape index (κ3) is 2.99. The summed E-state index contributed by atoms with van der Waals surface area (Å²) in [6, 6.07) is 1.80. The molecule has 24 heavy (non-hydrogen) atoms. The second-order valence-corrected chi connectivity index (χ2v) is 7.86. The van der Waals surface area contributed by atoms with Crippen LogP contribution in [0.25, 0.3) is 10.2 Å². The molecule has 3 aromatic rings. The smallest absolute Gasteiger partial charge is 0.271 e. The number of rotatable bonds is 4. The van der Waals surface area contributed by atoms with Crippen LogP contribution in [0.5, 0.6) is 0 Å². The predicted molar refractivity (Wildman–Crippen MR) is 94.5 cm³/mol. The van der Waals surface area contributed by atoms with E-state index in [-0.39, 0.29) is 18.0 Å². The molecule has 1 aliphatic carbocycles. The number of nitrogens with zero attached hydrogens (tertiary/aromatic N) is 3. The Labute approximate surface area is 146 Å². The summed E-state index contributed by atoms with van der Waals surface area (Å²) in [6.45, 7) is 0.394. The van der Waals surface area contributed by atoms with Gasteiger partial charge in [0.2, 0.25) is 5.91 Å². The van der Waals surface area contributed by atoms with Crippen molar-refractivity contribution < 1.29 is 4.79 Å². The largest absolute Gasteiger partial charge is 0.348 e. The van der Waals surface area contributed by atoms with Crippen molar-refractivity contribution in [2.75, 3.05) is 0 Å². The highest BCUT2D eigenvalue weighted by atomic mass is 32.1. The number of thiazole rings is 1. The predicted octanol–water partition coefficient (Wildman–Crippen LogP) is 2.11. The van der Waals surface area contributed by atoms with E-state index in [1.54, 1.807) is 17.4 Å². The molecule has 1 aliphatic rings. The van der Waals surface area contributed by atoms with E-state index < -0.39 is 0 Å². The van der Waals surface area contributed by atoms with E-state index in [9.17, 15) is 9.59 Å². The molecule has 124 valence electrons. The van der Waals surface area contributed by atoms with Crippen LogP contribution in [0.2, 0.25) is 0 Å². The van der Waals surface area contributed by atoms with Gasteiger partial charge in [0.15, 0.2) is 0 Å². The molecule has 3 aromatic heterocycles. The third-order valence-electron chi connectivity index (χ3n) is 4.08. The molecule has 0 spiro atoms. The fourth-order valence-electron chi connectivity index (χ4n) is 2.86. The van der Waals surface area contributed by atoms with Gasteiger partial charge in [0.05, 0.1) is 24.1 Å². The molecule has 1 amide bonds. The van der Waals surface area contributed by atoms with Gasteiger partial charge >= 0.3 is 0 Å². The van der Waals surface area contributed by atoms with Crippen LogP contribution in [0.1, 0.15) is 28.4 Å². The second-order valence-electron chi connectivity index (χ2n) is 5.77. The first-order valence-corrected chi connectivity index (χ1v) is 9.57. The second kappa shape index (κ2) is 6.45. The Kier molecular flexibility index (Phi) is 4.15. The zero-order valence-electron chi connectivity index (χ0n) is 12.9. The number of aryl methyl sites for hydroxylation is 2. The number of carbonyl (C=O) groups excluding carboxylic acids is 1. The van der Waals surface area contributed by atoms with Crippen LogP contribution >= 0.6 is 22.7 Å². The van der Waals surface area contributed by atoms with Crippen molar-refractivity contribution >= 4 is 38.8 Å². The van der Waals surface area contributed by atoms with Crippen LogP contribution in [0.3, 0.4) is 0 Å². The lowest BCUT2D eigenvalue weighted by Crippen LogP contribution is -2.31. The van der Waals surface area contributed by atoms with Crippen molar-refractivity contribution in [1.29, 1.82) is 0 Å². The minimum atomic E-state index is -0.206. The Balaban J connectivity index is 1.41. The van der Waals surface area contributed by atoms with Crippen LogP contribution < -0.4 is 10.9 Å². The Morgan fingerprint density at radius 3 is 3.08 bits per heavy atom. The number of aromatic nitrogens is 3. The summed E-state index contributed by atoms with van der Waals surface area (Å²) in [6.07, 6.45) is 6.00. The maximum Gasteiger partial charge on any atom is 0.271 e. The quantitative estimate of drug-likeness (QED) is 0.773. The molecule has 1 N–H and O–H groups in total. The number of fused-ring (bicyclic) bond motifs is 2. The minimum absolute atomic E-state index is 0.0231. The standard InChI is InChI=1S/C16H16N4O2S2/c21-13(8-20-9-18-11-5-6-23-15(11)16(20)22)17-7-14-19-10-3-1-2-4-12(10)24-14/h5-6,9H,1-4,7-8H2,(H,17,21). The van der Waals surface area contributed by atoms with E-state index >= 15 is 0 Å². The lowest BCUT2D eigenvalue weighted by atomic mass is 10.0. The van der Waals surface area contributed by atoms with Gasteiger partial charge in [-0.05, 0) is 37.1 Å². The van der Waals surface area contributed by atoms with E-state index in [1.807, 2.05) is 5.38 Å². The molecule has 0 bridgehead atoms. The van der Waals surface area contributed by atoms with Crippen molar-refractivity contribution in [3.8, 4) is 0 Å². The fourth-order valence-corrected chi connectivity index (χ4v) is 4.75. The Hall–Kier alpha value is -2.06. The topological polar surface area (TPSA) is 76.9 Å². The van der Waals surface area contributed by atoms with Crippen LogP contribution in [0.4, 0.5) is 0 Å². The number of amides is 1. The first kappa shape index (κ1) is 15.5. The lowest BCUT2D eigenvalue weighted by Gasteiger charge is -2.06. The van der Waals surface area contributed by atoms with Crippen molar-refractivity contribution in [3.05, 3.63) is 43.7 Å². The van der Waals surface area contributed by atoms with E-state index in [4.69, 9.17) is 0 Å². The maximum absolute atomic E-state index is 12.3. The third-order valence-corrected chi connectivity index (χ3v) is 6.13. The van der Waals surface area contributed by atoms with Crippen LogP contribution in [0, 0.1) is 0 Å². The molecule has 0 aromatic carbocycles. The van der Waals surface area contributed by atoms with Gasteiger partial charge < -0.3 is 5.32 Å². The van der Waals surface area contributed by atoms with Crippen LogP contribution in [0.15, 0.2) is 22.6 Å². The summed E-state index contributed by atoms with van der Waals surface area (Å²) in [7, 11) is 0. The average molecular weight is 360 g/mol. The highest BCUT2D eigenvalue weighted by molar-refractivity contribution is 7.17. The molecule has 0 unspecified atom stereocenters. The van der Waals surface area contributed by atoms with Crippen molar-refractivity contribution in [2.45, 2.75) is 38.8 Å². The normalized spacial score (nSPS) is 13.8. The Morgan fingerprint density at radius 1 is 1.33 bits per heavy atom. The molecule has 0 saturated heterocycles. The first-order chi connectivity index (χ1) is 11.7. The molecule has 0 fully saturated rings. The highest BCUT2D eigenvalue weighted by Gasteiger charge is 2.15. The number of hydrogen-bond donors (Lipinski definition) is 1. The molecule has 4 rings (SSSR count). The molecule has 0 saturated carbocycles. The number of carbonyl (C=O) groups is 1. The molecule has 8 heteroatoms. The highest BCUT2D eigenvalue weighted by Crippen LogP contribution is 2.26. The van der Waals surface area contributed by atoms with Crippen LogP contribution in [-0.2, 0) is 30.7 Å². The zero-order valence-corrected chi connectivity index (χ0v) is 14.6. The van der Waals surface area contributed by atoms with Gasteiger partial charge in [0.25, 0.3) is 5.56 Å². The summed E-state index contributed by atoms with van der Waals surface area (Å²) in [5, 5.41) is 5.62. The van der Waals surface area contributed by atoms with E-state index in [1.165, 1.54) is 45.6 Å². The molecule has 3 heterocycles. The summed E-state index contributed by atoms with van der Waals surface area (Å²) in [5.41, 5.74) is 1.70. The number of thiophene rings is 1. The van der Waals surface area contributed by atoms with Crippen molar-refractivity contribution in [1.82, 2.24) is 19.9 Å². The summed E-state index contributed by atoms with van der Waals surface area (Å²) in [4.78, 5) is 34.6. The summed E-state index contributed by atoms with van der Waals surface area (Å²) < 4.78 is 1.93. The van der Waals surface area contributed by atoms with Gasteiger partial charge in [-0.1, -0.05) is 0 Å². The van der Waals surface area contributed by atoms with Gasteiger partial charge in [0.1, 0.15) is 16.3 Å². The molecule has 0 aliphatic heterocycles. The number of nitrogens with one attached hydrogen (secondary N) is 1. The fraction of sp³-hybridized carbons (Fsp3) is 0.375. The Bertz CT molecular complexity index is 933. The first-order valence-electron chi connectivity index (χ1n) is 7.87. The summed E-state index contributed by atoms with van der Waals surface area (Å²) in [5.74, 6) is -0.206. The Morgan fingerprint density at radius 2 is 2.21 bits per heavy atom. The van der Waals surface area contributed by atoms with Crippen LogP contribution in [-0.4, -0.2) is 20.4 Å². The van der Waals surface area contributed by atoms with Gasteiger partial charge in [0, 0.05) is 4.88 Å².